The summed E-state index contributed by atoms with van der Waals surface area (Å²) in [5, 5.41) is 8.96. The molecule has 15 heavy (non-hydrogen) atoms. The van der Waals surface area contributed by atoms with E-state index in [0.717, 1.165) is 24.5 Å². The lowest BCUT2D eigenvalue weighted by Gasteiger charge is -2.72. The smallest absolute Gasteiger partial charge is 0.0558 e. The van der Waals surface area contributed by atoms with Crippen molar-refractivity contribution in [1.82, 2.24) is 9.80 Å². The fourth-order valence-corrected chi connectivity index (χ4v) is 3.73. The molecule has 1 N–H and O–H groups in total. The van der Waals surface area contributed by atoms with Gasteiger partial charge in [-0.1, -0.05) is 6.92 Å². The Kier molecular flexibility index (Phi) is 2.14. The van der Waals surface area contributed by atoms with Crippen LogP contribution in [-0.2, 0) is 0 Å². The van der Waals surface area contributed by atoms with Crippen molar-refractivity contribution in [1.29, 1.82) is 0 Å². The van der Waals surface area contributed by atoms with Gasteiger partial charge in [-0.15, -0.1) is 0 Å². The maximum atomic E-state index is 8.96. The number of hydrogen-bond acceptors (Lipinski definition) is 3. The molecule has 1 saturated carbocycles. The van der Waals surface area contributed by atoms with Gasteiger partial charge in [-0.2, -0.15) is 0 Å². The number of likely N-dealkylation sites (tertiary alicyclic amines) is 2. The molecule has 0 bridgehead atoms. The molecule has 3 nitrogen and oxygen atoms in total. The van der Waals surface area contributed by atoms with Crippen molar-refractivity contribution in [2.45, 2.75) is 44.3 Å². The summed E-state index contributed by atoms with van der Waals surface area (Å²) in [5.41, 5.74) is 0.404. The average molecular weight is 210 g/mol. The Labute approximate surface area is 92.1 Å². The largest absolute Gasteiger partial charge is 0.395 e. The molecule has 3 aliphatic rings. The number of aliphatic hydroxyl groups is 1. The molecule has 0 amide bonds. The zero-order chi connectivity index (χ0) is 10.6. The third kappa shape index (κ3) is 1.23. The first-order valence-corrected chi connectivity index (χ1v) is 6.27. The number of hydrogen-bond donors (Lipinski definition) is 1. The second-order valence-electron chi connectivity index (χ2n) is 5.95. The lowest BCUT2D eigenvalue weighted by Crippen LogP contribution is -2.88. The maximum absolute atomic E-state index is 8.96. The van der Waals surface area contributed by atoms with Crippen LogP contribution in [0, 0.1) is 5.92 Å². The van der Waals surface area contributed by atoms with Crippen molar-refractivity contribution in [3.63, 3.8) is 0 Å². The Morgan fingerprint density at radius 1 is 1.40 bits per heavy atom. The van der Waals surface area contributed by atoms with E-state index in [1.165, 1.54) is 25.9 Å². The first-order chi connectivity index (χ1) is 7.15. The van der Waals surface area contributed by atoms with Crippen LogP contribution in [0.2, 0.25) is 0 Å². The van der Waals surface area contributed by atoms with Gasteiger partial charge in [0.2, 0.25) is 0 Å². The minimum Gasteiger partial charge on any atom is -0.395 e. The molecule has 2 aliphatic heterocycles. The molecular formula is C12H22N2O. The van der Waals surface area contributed by atoms with Crippen molar-refractivity contribution >= 4 is 0 Å². The zero-order valence-electron chi connectivity index (χ0n) is 9.82. The van der Waals surface area contributed by atoms with Crippen LogP contribution in [0.4, 0.5) is 0 Å². The highest BCUT2D eigenvalue weighted by atomic mass is 16.3. The predicted molar refractivity (Wildman–Crippen MR) is 59.7 cm³/mol. The van der Waals surface area contributed by atoms with Crippen LogP contribution in [0.3, 0.4) is 0 Å². The normalized spacial score (nSPS) is 50.2. The summed E-state index contributed by atoms with van der Waals surface area (Å²) in [6, 6.07) is 1.68. The van der Waals surface area contributed by atoms with Crippen LogP contribution in [-0.4, -0.2) is 58.8 Å². The number of β-amino-alcohol motifs (C(OH)–C–C–N with tert-alkyl or cyclic N) is 1. The fraction of sp³-hybridized carbons (Fsp3) is 1.00. The summed E-state index contributed by atoms with van der Waals surface area (Å²) in [6.07, 6.45) is 2.82. The Morgan fingerprint density at radius 3 is 2.60 bits per heavy atom. The third-order valence-electron chi connectivity index (χ3n) is 4.92. The summed E-state index contributed by atoms with van der Waals surface area (Å²) >= 11 is 0. The van der Waals surface area contributed by atoms with E-state index < -0.39 is 0 Å². The van der Waals surface area contributed by atoms with Crippen LogP contribution in [0.15, 0.2) is 0 Å². The number of nitrogens with zero attached hydrogens (tertiary/aromatic N) is 2. The van der Waals surface area contributed by atoms with Gasteiger partial charge in [0.1, 0.15) is 0 Å². The van der Waals surface area contributed by atoms with Gasteiger partial charge in [-0.05, 0) is 25.7 Å². The SMILES string of the molecule is CC1CC(N2CC3(C)C2CN3CCO)C1. The average Bonchev–Trinajstić information content (AvgIpc) is 2.17. The quantitative estimate of drug-likeness (QED) is 0.736. The van der Waals surface area contributed by atoms with Gasteiger partial charge < -0.3 is 5.11 Å². The molecule has 2 saturated heterocycles. The molecular weight excluding hydrogens is 188 g/mol. The maximum Gasteiger partial charge on any atom is 0.0558 e. The van der Waals surface area contributed by atoms with Crippen molar-refractivity contribution in [3.05, 3.63) is 0 Å². The van der Waals surface area contributed by atoms with E-state index in [0.29, 0.717) is 12.1 Å². The highest BCUT2D eigenvalue weighted by Gasteiger charge is 2.62. The Balaban J connectivity index is 1.55. The van der Waals surface area contributed by atoms with E-state index in [-0.39, 0.29) is 0 Å². The van der Waals surface area contributed by atoms with Crippen molar-refractivity contribution in [3.8, 4) is 0 Å². The highest BCUT2D eigenvalue weighted by Crippen LogP contribution is 2.48. The molecule has 0 spiro atoms. The van der Waals surface area contributed by atoms with Crippen LogP contribution >= 0.6 is 0 Å². The first kappa shape index (κ1) is 10.1. The third-order valence-corrected chi connectivity index (χ3v) is 4.92. The predicted octanol–water partition coefficient (Wildman–Crippen LogP) is 0.536. The van der Waals surface area contributed by atoms with Gasteiger partial charge in [0, 0.05) is 37.3 Å². The molecule has 3 heteroatoms. The monoisotopic (exact) mass is 210 g/mol. The van der Waals surface area contributed by atoms with Gasteiger partial charge in [0.15, 0.2) is 0 Å². The van der Waals surface area contributed by atoms with E-state index >= 15 is 0 Å². The first-order valence-electron chi connectivity index (χ1n) is 6.27. The van der Waals surface area contributed by atoms with E-state index in [1.807, 2.05) is 0 Å². The summed E-state index contributed by atoms with van der Waals surface area (Å²) in [7, 11) is 0. The molecule has 2 unspecified atom stereocenters. The molecule has 2 heterocycles. The molecule has 0 aromatic heterocycles. The molecule has 1 aliphatic carbocycles. The highest BCUT2D eigenvalue weighted by molar-refractivity contribution is 5.20. The van der Waals surface area contributed by atoms with Crippen molar-refractivity contribution in [2.75, 3.05) is 26.2 Å². The fourth-order valence-electron chi connectivity index (χ4n) is 3.73. The second kappa shape index (κ2) is 3.19. The standard InChI is InChI=1S/C12H22N2O/c1-9-5-10(6-9)14-8-12(2)11(14)7-13(12)3-4-15/h9-11,15H,3-8H2,1-2H3. The Hall–Kier alpha value is -0.120. The van der Waals surface area contributed by atoms with Crippen LogP contribution < -0.4 is 0 Å². The minimum atomic E-state index is 0.308. The van der Waals surface area contributed by atoms with Gasteiger partial charge >= 0.3 is 0 Å². The van der Waals surface area contributed by atoms with Crippen molar-refractivity contribution in [2.24, 2.45) is 5.92 Å². The van der Waals surface area contributed by atoms with Crippen molar-refractivity contribution < 1.29 is 5.11 Å². The number of piperazine rings is 1. The molecule has 0 radical (unpaired) electrons. The molecule has 3 fully saturated rings. The summed E-state index contributed by atoms with van der Waals surface area (Å²) in [4.78, 5) is 5.14. The van der Waals surface area contributed by atoms with Gasteiger partial charge in [0.05, 0.1) is 6.61 Å². The Morgan fingerprint density at radius 2 is 2.13 bits per heavy atom. The lowest BCUT2D eigenvalue weighted by molar-refractivity contribution is -0.220. The molecule has 0 aromatic carbocycles. The summed E-state index contributed by atoms with van der Waals surface area (Å²) in [6.45, 7) is 8.30. The zero-order valence-corrected chi connectivity index (χ0v) is 9.82. The van der Waals surface area contributed by atoms with Crippen LogP contribution in [0.5, 0.6) is 0 Å². The summed E-state index contributed by atoms with van der Waals surface area (Å²) in [5.74, 6) is 0.954. The second-order valence-corrected chi connectivity index (χ2v) is 5.95. The topological polar surface area (TPSA) is 26.7 Å². The van der Waals surface area contributed by atoms with Crippen LogP contribution in [0.1, 0.15) is 26.7 Å². The van der Waals surface area contributed by atoms with E-state index in [1.54, 1.807) is 0 Å². The minimum absolute atomic E-state index is 0.308. The van der Waals surface area contributed by atoms with Crippen LogP contribution in [0.25, 0.3) is 0 Å². The number of aliphatic hydroxyl groups excluding tert-OH is 1. The molecule has 0 aromatic rings. The lowest BCUT2D eigenvalue weighted by atomic mass is 9.67. The number of rotatable bonds is 3. The van der Waals surface area contributed by atoms with E-state index in [4.69, 9.17) is 5.11 Å². The van der Waals surface area contributed by atoms with Gasteiger partial charge in [-0.25, -0.2) is 0 Å². The van der Waals surface area contributed by atoms with Gasteiger partial charge in [-0.3, -0.25) is 9.80 Å². The Bertz CT molecular complexity index is 264. The molecule has 3 rings (SSSR count). The molecule has 86 valence electrons. The van der Waals surface area contributed by atoms with E-state index in [9.17, 15) is 0 Å². The van der Waals surface area contributed by atoms with Gasteiger partial charge in [0.25, 0.3) is 0 Å². The number of fused-ring (bicyclic) bond motifs is 1. The molecule has 2 atom stereocenters. The van der Waals surface area contributed by atoms with E-state index in [2.05, 4.69) is 23.6 Å². The summed E-state index contributed by atoms with van der Waals surface area (Å²) < 4.78 is 0.